The van der Waals surface area contributed by atoms with Crippen LogP contribution in [0.15, 0.2) is 134 Å². The van der Waals surface area contributed by atoms with Crippen molar-refractivity contribution in [1.29, 1.82) is 0 Å². The fourth-order valence-corrected chi connectivity index (χ4v) is 7.52. The monoisotopic (exact) mass is 981 g/mol. The predicted octanol–water partition coefficient (Wildman–Crippen LogP) is 19.4. The van der Waals surface area contributed by atoms with Crippen LogP contribution in [-0.4, -0.2) is 37.2 Å². The molecule has 0 heterocycles. The standard InChI is InChI=1S/C65H104O6/c1-4-7-10-13-16-19-22-25-28-31-32-35-37-40-43-46-49-52-55-58-64(67)70-61-62(71-65(68)59-56-53-50-47-44-41-38-34-30-27-24-21-18-15-12-9-6-3)60-69-63(66)57-54-51-48-45-42-39-36-33-29-26-23-20-17-14-11-8-5-2/h7,9-10,12,15-16,18-19,21,24-30,32,34-35,38,41,44,62H,4-6,8,11,13-14,17,20,22-23,31,33,36-37,39-40,42-43,45-61H2,1-3H3/b10-7-,12-9-,18-15-,19-16-,24-21-,28-25-,29-26-,30-27-,35-32-,38-34+,44-41-. The van der Waals surface area contributed by atoms with Crippen molar-refractivity contribution in [3.8, 4) is 0 Å². The van der Waals surface area contributed by atoms with Gasteiger partial charge in [-0.2, -0.15) is 0 Å². The van der Waals surface area contributed by atoms with Gasteiger partial charge in [0.1, 0.15) is 13.2 Å². The molecule has 0 aliphatic heterocycles. The van der Waals surface area contributed by atoms with Crippen molar-refractivity contribution < 1.29 is 28.6 Å². The van der Waals surface area contributed by atoms with Gasteiger partial charge in [0.2, 0.25) is 0 Å². The van der Waals surface area contributed by atoms with Gasteiger partial charge in [0.05, 0.1) is 0 Å². The number of unbranched alkanes of at least 4 members (excludes halogenated alkanes) is 22. The van der Waals surface area contributed by atoms with Crippen LogP contribution in [-0.2, 0) is 28.6 Å². The van der Waals surface area contributed by atoms with E-state index >= 15 is 0 Å². The van der Waals surface area contributed by atoms with Crippen LogP contribution in [0, 0.1) is 0 Å². The van der Waals surface area contributed by atoms with E-state index < -0.39 is 6.10 Å². The second kappa shape index (κ2) is 58.1. The number of allylic oxidation sites excluding steroid dienone is 22. The number of carbonyl (C=O) groups excluding carboxylic acids is 3. The summed E-state index contributed by atoms with van der Waals surface area (Å²) in [6, 6.07) is 0. The Kier molecular flexibility index (Phi) is 54.5. The second-order valence-electron chi connectivity index (χ2n) is 18.6. The summed E-state index contributed by atoms with van der Waals surface area (Å²) >= 11 is 0. The van der Waals surface area contributed by atoms with Crippen molar-refractivity contribution in [2.45, 2.75) is 245 Å². The van der Waals surface area contributed by atoms with Gasteiger partial charge in [-0.3, -0.25) is 14.4 Å². The average Bonchev–Trinajstić information content (AvgIpc) is 3.37. The molecule has 0 aliphatic rings. The Morgan fingerprint density at radius 2 is 0.620 bits per heavy atom. The number of rotatable bonds is 50. The van der Waals surface area contributed by atoms with Gasteiger partial charge < -0.3 is 14.2 Å². The van der Waals surface area contributed by atoms with E-state index in [1.165, 1.54) is 89.9 Å². The van der Waals surface area contributed by atoms with E-state index in [1.54, 1.807) is 0 Å². The molecule has 0 bridgehead atoms. The first-order valence-corrected chi connectivity index (χ1v) is 28.8. The zero-order valence-corrected chi connectivity index (χ0v) is 45.7. The van der Waals surface area contributed by atoms with E-state index in [1.807, 2.05) is 60.8 Å². The number of ether oxygens (including phenoxy) is 3. The fourth-order valence-electron chi connectivity index (χ4n) is 7.52. The average molecular weight is 982 g/mol. The maximum absolute atomic E-state index is 12.9. The summed E-state index contributed by atoms with van der Waals surface area (Å²) in [4.78, 5) is 38.2. The molecule has 6 nitrogen and oxygen atoms in total. The molecule has 0 aliphatic carbocycles. The van der Waals surface area contributed by atoms with E-state index in [2.05, 4.69) is 93.7 Å². The van der Waals surface area contributed by atoms with Gasteiger partial charge >= 0.3 is 17.9 Å². The zero-order valence-electron chi connectivity index (χ0n) is 45.7. The number of esters is 3. The molecule has 400 valence electrons. The maximum Gasteiger partial charge on any atom is 0.306 e. The normalized spacial score (nSPS) is 13.1. The van der Waals surface area contributed by atoms with Crippen molar-refractivity contribution in [1.82, 2.24) is 0 Å². The molecule has 6 heteroatoms. The second-order valence-corrected chi connectivity index (χ2v) is 18.6. The molecule has 0 spiro atoms. The molecule has 0 fully saturated rings. The molecule has 0 saturated carbocycles. The Morgan fingerprint density at radius 3 is 1.06 bits per heavy atom. The summed E-state index contributed by atoms with van der Waals surface area (Å²) in [5, 5.41) is 0. The minimum atomic E-state index is -0.815. The Balaban J connectivity index is 4.52. The number of hydrogen-bond donors (Lipinski definition) is 0. The minimum Gasteiger partial charge on any atom is -0.462 e. The lowest BCUT2D eigenvalue weighted by atomic mass is 10.1. The first-order chi connectivity index (χ1) is 35.0. The third-order valence-electron chi connectivity index (χ3n) is 11.8. The number of hydrogen-bond acceptors (Lipinski definition) is 6. The molecule has 0 saturated heterocycles. The molecule has 1 atom stereocenters. The highest BCUT2D eigenvalue weighted by atomic mass is 16.6. The van der Waals surface area contributed by atoms with Gasteiger partial charge in [-0.05, 0) is 103 Å². The van der Waals surface area contributed by atoms with Gasteiger partial charge in [0, 0.05) is 19.3 Å². The van der Waals surface area contributed by atoms with Crippen molar-refractivity contribution in [3.63, 3.8) is 0 Å². The Morgan fingerprint density at radius 1 is 0.310 bits per heavy atom. The van der Waals surface area contributed by atoms with Crippen LogP contribution in [0.5, 0.6) is 0 Å². The van der Waals surface area contributed by atoms with E-state index in [0.717, 1.165) is 103 Å². The van der Waals surface area contributed by atoms with Crippen LogP contribution in [0.2, 0.25) is 0 Å². The van der Waals surface area contributed by atoms with Gasteiger partial charge in [-0.1, -0.05) is 251 Å². The van der Waals surface area contributed by atoms with Gasteiger partial charge in [0.25, 0.3) is 0 Å². The van der Waals surface area contributed by atoms with Crippen molar-refractivity contribution in [3.05, 3.63) is 134 Å². The zero-order chi connectivity index (χ0) is 51.4. The molecule has 0 N–H and O–H groups in total. The Bertz CT molecular complexity index is 1550. The largest absolute Gasteiger partial charge is 0.462 e. The lowest BCUT2D eigenvalue weighted by Gasteiger charge is -2.18. The summed E-state index contributed by atoms with van der Waals surface area (Å²) < 4.78 is 16.8. The van der Waals surface area contributed by atoms with Crippen molar-refractivity contribution in [2.75, 3.05) is 13.2 Å². The van der Waals surface area contributed by atoms with Gasteiger partial charge in [-0.15, -0.1) is 0 Å². The van der Waals surface area contributed by atoms with Crippen LogP contribution in [0.1, 0.15) is 239 Å². The molecule has 0 aromatic heterocycles. The molecule has 0 amide bonds. The van der Waals surface area contributed by atoms with Crippen molar-refractivity contribution >= 4 is 17.9 Å². The summed E-state index contributed by atoms with van der Waals surface area (Å²) in [6.45, 7) is 6.32. The van der Waals surface area contributed by atoms with E-state index in [0.29, 0.717) is 19.3 Å². The van der Waals surface area contributed by atoms with Crippen LogP contribution in [0.25, 0.3) is 0 Å². The summed E-state index contributed by atoms with van der Waals surface area (Å²) in [7, 11) is 0. The van der Waals surface area contributed by atoms with Gasteiger partial charge in [-0.25, -0.2) is 0 Å². The molecule has 0 aromatic rings. The van der Waals surface area contributed by atoms with E-state index in [-0.39, 0.29) is 37.5 Å². The molecular formula is C65H104O6. The van der Waals surface area contributed by atoms with Gasteiger partial charge in [0.15, 0.2) is 6.10 Å². The molecule has 1 unspecified atom stereocenters. The highest BCUT2D eigenvalue weighted by Crippen LogP contribution is 2.14. The molecular weight excluding hydrogens is 877 g/mol. The van der Waals surface area contributed by atoms with Crippen molar-refractivity contribution in [2.24, 2.45) is 0 Å². The van der Waals surface area contributed by atoms with Crippen LogP contribution < -0.4 is 0 Å². The first-order valence-electron chi connectivity index (χ1n) is 28.8. The summed E-state index contributed by atoms with van der Waals surface area (Å²) in [6.07, 6.45) is 81.5. The lowest BCUT2D eigenvalue weighted by molar-refractivity contribution is -0.167. The smallest absolute Gasteiger partial charge is 0.306 e. The molecule has 0 rings (SSSR count). The predicted molar refractivity (Wildman–Crippen MR) is 306 cm³/mol. The maximum atomic E-state index is 12.9. The third kappa shape index (κ3) is 56.3. The quantitative estimate of drug-likeness (QED) is 0.0199. The fraction of sp³-hybridized carbons (Fsp3) is 0.615. The van der Waals surface area contributed by atoms with E-state index in [4.69, 9.17) is 14.2 Å². The highest BCUT2D eigenvalue weighted by molar-refractivity contribution is 5.71. The summed E-state index contributed by atoms with van der Waals surface area (Å²) in [5.41, 5.74) is 0. The SMILES string of the molecule is CC\C=C/C=C\C=C/C=C\C=C\C=C/CCCCCC(=O)OC(COC(=O)CCCCCCCC/C=C\C/C=C\C/C=C\C/C=C\CC)COC(=O)CCCCCCCCC/C=C\CCCCCCCC. The summed E-state index contributed by atoms with van der Waals surface area (Å²) in [5.74, 6) is -0.973. The van der Waals surface area contributed by atoms with Crippen LogP contribution in [0.3, 0.4) is 0 Å². The number of carbonyl (C=O) groups is 3. The first kappa shape index (κ1) is 66.6. The molecule has 0 aromatic carbocycles. The third-order valence-corrected chi connectivity index (χ3v) is 11.8. The minimum absolute atomic E-state index is 0.107. The lowest BCUT2D eigenvalue weighted by Crippen LogP contribution is -2.30. The van der Waals surface area contributed by atoms with Crippen LogP contribution >= 0.6 is 0 Å². The topological polar surface area (TPSA) is 78.9 Å². The Hall–Kier alpha value is -4.45. The van der Waals surface area contributed by atoms with E-state index in [9.17, 15) is 14.4 Å². The highest BCUT2D eigenvalue weighted by Gasteiger charge is 2.19. The molecule has 71 heavy (non-hydrogen) atoms. The Labute approximate surface area is 436 Å². The van der Waals surface area contributed by atoms with Crippen LogP contribution in [0.4, 0.5) is 0 Å². The molecule has 0 radical (unpaired) electrons.